The van der Waals surface area contributed by atoms with Gasteiger partial charge >= 0.3 is 12.1 Å². The Balaban J connectivity index is 1.18. The second-order valence-electron chi connectivity index (χ2n) is 16.0. The molecule has 2 N–H and O–H groups in total. The molecular weight excluding hydrogens is 834 g/mol. The molecule has 5 heterocycles. The molecule has 0 radical (unpaired) electrons. The van der Waals surface area contributed by atoms with E-state index in [2.05, 4.69) is 70.7 Å². The molecule has 0 spiro atoms. The maximum Gasteiger partial charge on any atom is 0.432 e. The molecule has 5 aromatic carbocycles. The number of alkyl halides is 3. The minimum Gasteiger partial charge on any atom is -0.455 e. The van der Waals surface area contributed by atoms with E-state index in [1.165, 1.54) is 31.2 Å². The Morgan fingerprint density at radius 1 is 0.485 bits per heavy atom. The lowest BCUT2D eigenvalue weighted by Gasteiger charge is -2.33. The van der Waals surface area contributed by atoms with Gasteiger partial charge in [-0.05, 0) is 83.3 Å². The molecule has 3 aromatic heterocycles. The molecule has 10 rings (SSSR count). The topological polar surface area (TPSA) is 92.9 Å². The third-order valence-electron chi connectivity index (χ3n) is 12.1. The van der Waals surface area contributed by atoms with Crippen molar-refractivity contribution in [3.05, 3.63) is 204 Å². The predicted octanol–water partition coefficient (Wildman–Crippen LogP) is 14.0. The molecule has 0 saturated heterocycles. The second-order valence-corrected chi connectivity index (χ2v) is 16.0. The first-order valence-corrected chi connectivity index (χ1v) is 21.4. The van der Waals surface area contributed by atoms with Crippen molar-refractivity contribution in [2.24, 2.45) is 0 Å². The number of hydrogen-bond donors (Lipinski definition) is 2. The van der Waals surface area contributed by atoms with E-state index >= 15 is 0 Å². The van der Waals surface area contributed by atoms with Gasteiger partial charge in [-0.3, -0.25) is 0 Å². The van der Waals surface area contributed by atoms with Crippen LogP contribution >= 0.6 is 0 Å². The van der Waals surface area contributed by atoms with E-state index in [4.69, 9.17) is 19.4 Å². The monoisotopic (exact) mass is 874 g/mol. The molecule has 8 bridgehead atoms. The molecule has 2 atom stereocenters. The van der Waals surface area contributed by atoms with Crippen molar-refractivity contribution in [3.8, 4) is 44.5 Å². The molecule has 8 aromatic rings. The first-order valence-electron chi connectivity index (χ1n) is 21.4. The summed E-state index contributed by atoms with van der Waals surface area (Å²) < 4.78 is 54.8. The number of methoxy groups -OCH3 is 1. The SMILES string of the molecule is CO[C@@](C(=O)O[C@@H](C)c1ccc(-c2c3nc(c(-c4ccccc4)c4ccc([nH]4)c(-c4ccccc4)c4nc(c(-c5ccccc5)c5ccc2[nH]5)C=C4)C=C3)cc1)(c1ccccc1)C(F)(F)F. The van der Waals surface area contributed by atoms with Crippen LogP contribution in [0, 0.1) is 0 Å². The van der Waals surface area contributed by atoms with Gasteiger partial charge in [0.1, 0.15) is 6.10 Å². The zero-order valence-electron chi connectivity index (χ0n) is 35.8. The fraction of sp³-hybridized carbons (Fsp3) is 0.0893. The summed E-state index contributed by atoms with van der Waals surface area (Å²) in [5, 5.41) is 0. The smallest absolute Gasteiger partial charge is 0.432 e. The van der Waals surface area contributed by atoms with Gasteiger partial charge in [0, 0.05) is 57.0 Å². The van der Waals surface area contributed by atoms with Gasteiger partial charge in [-0.25, -0.2) is 14.8 Å². The summed E-state index contributed by atoms with van der Waals surface area (Å²) >= 11 is 0. The van der Waals surface area contributed by atoms with E-state index < -0.39 is 23.9 Å². The number of fused-ring (bicyclic) bond motifs is 8. The number of benzene rings is 5. The minimum absolute atomic E-state index is 0.377. The highest BCUT2D eigenvalue weighted by Gasteiger charge is 2.64. The summed E-state index contributed by atoms with van der Waals surface area (Å²) in [5.74, 6) is -1.56. The second kappa shape index (κ2) is 17.1. The van der Waals surface area contributed by atoms with Gasteiger partial charge in [0.2, 0.25) is 0 Å². The lowest BCUT2D eigenvalue weighted by atomic mass is 9.92. The standard InChI is InChI=1S/C56H41F3N4O3/c1-35(66-54(64)55(65-2,56(57,58)59)41-21-13-6-14-22-41)36-23-25-40(26-24-36)53-48-33-31-46(62-48)51(38-17-9-4-10-18-38)44-29-27-42(60-44)50(37-15-7-3-8-16-37)43-28-30-45(61-43)52(39-19-11-5-12-20-39)47-32-34-49(53)63-47/h3-35,60,63H,1-2H3/t35-,55+/m0/s1. The van der Waals surface area contributed by atoms with Crippen molar-refractivity contribution >= 4 is 52.3 Å². The van der Waals surface area contributed by atoms with Crippen LogP contribution in [-0.4, -0.2) is 39.2 Å². The average Bonchev–Trinajstić information content (AvgIpc) is 4.19. The van der Waals surface area contributed by atoms with Gasteiger partial charge < -0.3 is 19.4 Å². The Bertz CT molecular complexity index is 3290. The van der Waals surface area contributed by atoms with Crippen LogP contribution in [0.25, 0.3) is 90.9 Å². The van der Waals surface area contributed by atoms with Crippen LogP contribution in [0.15, 0.2) is 170 Å². The molecule has 0 fully saturated rings. The van der Waals surface area contributed by atoms with E-state index in [1.54, 1.807) is 18.2 Å². The number of H-pyrrole nitrogens is 2. The molecule has 0 saturated carbocycles. The highest BCUT2D eigenvalue weighted by molar-refractivity contribution is 5.99. The first-order chi connectivity index (χ1) is 32.1. The molecular formula is C56H41F3N4O3. The molecule has 324 valence electrons. The van der Waals surface area contributed by atoms with Gasteiger partial charge in [0.25, 0.3) is 5.60 Å². The molecule has 2 aliphatic heterocycles. The molecule has 7 nitrogen and oxygen atoms in total. The summed E-state index contributed by atoms with van der Waals surface area (Å²) in [4.78, 5) is 31.7. The maximum absolute atomic E-state index is 14.7. The van der Waals surface area contributed by atoms with E-state index in [0.717, 1.165) is 90.8 Å². The quantitative estimate of drug-likeness (QED) is 0.141. The van der Waals surface area contributed by atoms with Crippen molar-refractivity contribution in [1.82, 2.24) is 19.9 Å². The van der Waals surface area contributed by atoms with E-state index in [1.807, 2.05) is 91.0 Å². The fourth-order valence-electron chi connectivity index (χ4n) is 8.85. The van der Waals surface area contributed by atoms with Gasteiger partial charge in [0.15, 0.2) is 0 Å². The number of rotatable bonds is 9. The van der Waals surface area contributed by atoms with E-state index in [9.17, 15) is 18.0 Å². The summed E-state index contributed by atoms with van der Waals surface area (Å²) in [6.45, 7) is 1.54. The van der Waals surface area contributed by atoms with E-state index in [-0.39, 0.29) is 5.56 Å². The number of nitrogens with one attached hydrogen (secondary N) is 2. The first kappa shape index (κ1) is 41.9. The highest BCUT2D eigenvalue weighted by Crippen LogP contribution is 2.44. The third kappa shape index (κ3) is 7.50. The van der Waals surface area contributed by atoms with E-state index in [0.29, 0.717) is 11.3 Å². The van der Waals surface area contributed by atoms with Crippen LogP contribution in [-0.2, 0) is 19.9 Å². The van der Waals surface area contributed by atoms with Crippen molar-refractivity contribution in [2.45, 2.75) is 24.8 Å². The molecule has 2 aliphatic rings. The highest BCUT2D eigenvalue weighted by atomic mass is 19.4. The zero-order valence-corrected chi connectivity index (χ0v) is 35.8. The minimum atomic E-state index is -5.10. The number of aromatic nitrogens is 4. The summed E-state index contributed by atoms with van der Waals surface area (Å²) in [7, 11) is 0.854. The Morgan fingerprint density at radius 3 is 1.15 bits per heavy atom. The number of aromatic amines is 2. The number of ether oxygens (including phenoxy) is 2. The molecule has 10 heteroatoms. The van der Waals surface area contributed by atoms with Gasteiger partial charge in [-0.2, -0.15) is 13.2 Å². The summed E-state index contributed by atoms with van der Waals surface area (Å²) in [6.07, 6.45) is 1.96. The zero-order chi connectivity index (χ0) is 45.4. The van der Waals surface area contributed by atoms with Gasteiger partial charge in [-0.1, -0.05) is 146 Å². The van der Waals surface area contributed by atoms with Crippen LogP contribution in [0.2, 0.25) is 0 Å². The molecule has 0 amide bonds. The van der Waals surface area contributed by atoms with Gasteiger partial charge in [-0.15, -0.1) is 0 Å². The normalized spacial score (nSPS) is 13.6. The summed E-state index contributed by atoms with van der Waals surface area (Å²) in [6, 6.07) is 52.7. The van der Waals surface area contributed by atoms with Crippen molar-refractivity contribution < 1.29 is 27.4 Å². The maximum atomic E-state index is 14.7. The number of halogens is 3. The Hall–Kier alpha value is -8.08. The van der Waals surface area contributed by atoms with Gasteiger partial charge in [0.05, 0.1) is 22.8 Å². The Labute approximate surface area is 378 Å². The molecule has 0 unspecified atom stereocenters. The lowest BCUT2D eigenvalue weighted by molar-refractivity contribution is -0.278. The number of esters is 1. The molecule has 66 heavy (non-hydrogen) atoms. The van der Waals surface area contributed by atoms with Crippen LogP contribution in [0.3, 0.4) is 0 Å². The average molecular weight is 875 g/mol. The Kier molecular flexibility index (Phi) is 10.9. The predicted molar refractivity (Wildman–Crippen MR) is 256 cm³/mol. The third-order valence-corrected chi connectivity index (χ3v) is 12.1. The summed E-state index contributed by atoms with van der Waals surface area (Å²) in [5.41, 5.74) is 10.5. The number of nitrogens with zero attached hydrogens (tertiary/aromatic N) is 2. The number of carbonyl (C=O) groups excluding carboxylic acids is 1. The fourth-order valence-corrected chi connectivity index (χ4v) is 8.85. The van der Waals surface area contributed by atoms with Crippen LogP contribution < -0.4 is 0 Å². The van der Waals surface area contributed by atoms with Crippen LogP contribution in [0.1, 0.15) is 46.9 Å². The number of hydrogen-bond acceptors (Lipinski definition) is 5. The van der Waals surface area contributed by atoms with Crippen molar-refractivity contribution in [3.63, 3.8) is 0 Å². The van der Waals surface area contributed by atoms with Crippen LogP contribution in [0.4, 0.5) is 13.2 Å². The Morgan fingerprint density at radius 2 is 0.818 bits per heavy atom. The largest absolute Gasteiger partial charge is 0.455 e. The van der Waals surface area contributed by atoms with Crippen LogP contribution in [0.5, 0.6) is 0 Å². The van der Waals surface area contributed by atoms with Crippen molar-refractivity contribution in [2.75, 3.05) is 7.11 Å². The molecule has 0 aliphatic carbocycles. The van der Waals surface area contributed by atoms with Crippen molar-refractivity contribution in [1.29, 1.82) is 0 Å². The number of carbonyl (C=O) groups is 1. The lowest BCUT2D eigenvalue weighted by Crippen LogP contribution is -2.51.